The van der Waals surface area contributed by atoms with Crippen LogP contribution in [-0.2, 0) is 14.4 Å². The molecule has 1 amide bonds. The molecule has 0 unspecified atom stereocenters. The van der Waals surface area contributed by atoms with E-state index in [1.54, 1.807) is 0 Å². The maximum atomic E-state index is 10.6. The zero-order valence-corrected chi connectivity index (χ0v) is 8.61. The second-order valence-electron chi connectivity index (χ2n) is 2.70. The van der Waals surface area contributed by atoms with Gasteiger partial charge in [0.25, 0.3) is 0 Å². The molecule has 0 bridgehead atoms. The molecule has 10 heteroatoms. The van der Waals surface area contributed by atoms with Crippen LogP contribution in [0.4, 0.5) is 13.2 Å². The van der Waals surface area contributed by atoms with Crippen molar-refractivity contribution in [1.82, 2.24) is 5.32 Å². The number of carboxylic acids is 2. The Kier molecular flexibility index (Phi) is 7.68. The third-order valence-corrected chi connectivity index (χ3v) is 1.07. The Morgan fingerprint density at radius 3 is 1.82 bits per heavy atom. The maximum Gasteiger partial charge on any atom is 0.490 e. The summed E-state index contributed by atoms with van der Waals surface area (Å²) in [7, 11) is 0. The molecule has 0 fully saturated rings. The number of rotatable bonds is 3. The molecule has 17 heavy (non-hydrogen) atoms. The van der Waals surface area contributed by atoms with Gasteiger partial charge in [0.1, 0.15) is 6.54 Å². The zero-order chi connectivity index (χ0) is 14.2. The highest BCUT2D eigenvalue weighted by molar-refractivity contribution is 5.84. The van der Waals surface area contributed by atoms with Crippen molar-refractivity contribution in [2.24, 2.45) is 5.73 Å². The van der Waals surface area contributed by atoms with E-state index in [4.69, 9.17) is 20.7 Å². The van der Waals surface area contributed by atoms with Crippen LogP contribution in [-0.4, -0.2) is 46.8 Å². The van der Waals surface area contributed by atoms with Crippen LogP contribution in [0.2, 0.25) is 0 Å². The molecule has 0 radical (unpaired) electrons. The predicted octanol–water partition coefficient (Wildman–Crippen LogP) is -0.832. The van der Waals surface area contributed by atoms with Gasteiger partial charge in [-0.05, 0) is 6.92 Å². The van der Waals surface area contributed by atoms with Crippen molar-refractivity contribution >= 4 is 17.8 Å². The van der Waals surface area contributed by atoms with Crippen LogP contribution < -0.4 is 11.1 Å². The predicted molar refractivity (Wildman–Crippen MR) is 48.0 cm³/mol. The minimum atomic E-state index is -5.08. The van der Waals surface area contributed by atoms with Gasteiger partial charge in [0.05, 0.1) is 6.04 Å². The summed E-state index contributed by atoms with van der Waals surface area (Å²) in [6.45, 7) is 1.11. The molecule has 7 nitrogen and oxygen atoms in total. The first-order chi connectivity index (χ1) is 7.48. The highest BCUT2D eigenvalue weighted by atomic mass is 19.4. The third-order valence-electron chi connectivity index (χ3n) is 1.07. The zero-order valence-electron chi connectivity index (χ0n) is 8.61. The average Bonchev–Trinajstić information content (AvgIpc) is 2.13. The molecule has 0 aromatic carbocycles. The van der Waals surface area contributed by atoms with Gasteiger partial charge < -0.3 is 21.3 Å². The topological polar surface area (TPSA) is 130 Å². The van der Waals surface area contributed by atoms with Gasteiger partial charge in [0.2, 0.25) is 5.91 Å². The summed E-state index contributed by atoms with van der Waals surface area (Å²) in [6, 6.07) is -0.653. The molecule has 0 saturated carbocycles. The molecular formula is C7H11F3N2O5. The third kappa shape index (κ3) is 12.1. The van der Waals surface area contributed by atoms with Crippen molar-refractivity contribution < 1.29 is 37.8 Å². The minimum Gasteiger partial charge on any atom is -0.480 e. The second-order valence-corrected chi connectivity index (χ2v) is 2.70. The van der Waals surface area contributed by atoms with Crippen molar-refractivity contribution in [3.8, 4) is 0 Å². The van der Waals surface area contributed by atoms with E-state index in [1.807, 2.05) is 0 Å². The van der Waals surface area contributed by atoms with E-state index in [1.165, 1.54) is 6.92 Å². The Labute approximate surface area is 93.4 Å². The first-order valence-electron chi connectivity index (χ1n) is 4.03. The number of aliphatic carboxylic acids is 2. The number of hydrogen-bond donors (Lipinski definition) is 4. The Morgan fingerprint density at radius 2 is 1.65 bits per heavy atom. The van der Waals surface area contributed by atoms with Crippen LogP contribution >= 0.6 is 0 Å². The van der Waals surface area contributed by atoms with Gasteiger partial charge in [-0.3, -0.25) is 9.59 Å². The standard InChI is InChI=1S/C5H10N2O3.C2HF3O2/c1-3(6)5(10)7-2-4(8)9;3-2(4,5)1(6)7/h3H,2,6H2,1H3,(H,7,10)(H,8,9);(H,6,7)/t3-;/m1./s1. The Hall–Kier alpha value is -1.84. The quantitative estimate of drug-likeness (QED) is 0.524. The first kappa shape index (κ1) is 17.6. The first-order valence-corrected chi connectivity index (χ1v) is 4.03. The molecule has 0 aliphatic carbocycles. The number of carboxylic acid groups (broad SMARTS) is 2. The van der Waals surface area contributed by atoms with Crippen LogP contribution in [0.1, 0.15) is 6.92 Å². The summed E-state index contributed by atoms with van der Waals surface area (Å²) in [5.74, 6) is -4.29. The van der Waals surface area contributed by atoms with E-state index in [-0.39, 0.29) is 6.54 Å². The van der Waals surface area contributed by atoms with Crippen LogP contribution in [0.5, 0.6) is 0 Å². The summed E-state index contributed by atoms with van der Waals surface area (Å²) >= 11 is 0. The fraction of sp³-hybridized carbons (Fsp3) is 0.571. The molecule has 0 saturated heterocycles. The van der Waals surface area contributed by atoms with Crippen molar-refractivity contribution in [3.63, 3.8) is 0 Å². The molecule has 0 aromatic rings. The Bertz CT molecular complexity index is 290. The van der Waals surface area contributed by atoms with E-state index in [9.17, 15) is 22.8 Å². The number of nitrogens with one attached hydrogen (secondary N) is 1. The summed E-state index contributed by atoms with van der Waals surface area (Å²) in [4.78, 5) is 29.3. The number of nitrogens with two attached hydrogens (primary N) is 1. The fourth-order valence-electron chi connectivity index (χ4n) is 0.324. The van der Waals surface area contributed by atoms with Crippen LogP contribution in [0.3, 0.4) is 0 Å². The number of halogens is 3. The number of hydrogen-bond acceptors (Lipinski definition) is 4. The van der Waals surface area contributed by atoms with E-state index < -0.39 is 30.1 Å². The molecule has 0 spiro atoms. The molecule has 0 heterocycles. The lowest BCUT2D eigenvalue weighted by Gasteiger charge is -2.03. The molecule has 5 N–H and O–H groups in total. The molecule has 0 aromatic heterocycles. The molecule has 0 rings (SSSR count). The molecule has 0 aliphatic heterocycles. The van der Waals surface area contributed by atoms with Crippen molar-refractivity contribution in [1.29, 1.82) is 0 Å². The smallest absolute Gasteiger partial charge is 0.480 e. The van der Waals surface area contributed by atoms with Gasteiger partial charge in [0.15, 0.2) is 0 Å². The summed E-state index contributed by atoms with van der Waals surface area (Å²) in [6.07, 6.45) is -5.08. The molecular weight excluding hydrogens is 249 g/mol. The molecule has 0 aliphatic rings. The largest absolute Gasteiger partial charge is 0.490 e. The molecule has 100 valence electrons. The SMILES string of the molecule is C[C@@H](N)C(=O)NCC(=O)O.O=C(O)C(F)(F)F. The monoisotopic (exact) mass is 260 g/mol. The van der Waals surface area contributed by atoms with Gasteiger partial charge in [-0.1, -0.05) is 0 Å². The highest BCUT2D eigenvalue weighted by Crippen LogP contribution is 2.13. The summed E-state index contributed by atoms with van der Waals surface area (Å²) in [5, 5.41) is 17.3. The van der Waals surface area contributed by atoms with E-state index in [0.717, 1.165) is 0 Å². The average molecular weight is 260 g/mol. The van der Waals surface area contributed by atoms with Gasteiger partial charge in [-0.2, -0.15) is 13.2 Å². The lowest BCUT2D eigenvalue weighted by molar-refractivity contribution is -0.192. The Balaban J connectivity index is 0. The normalized spacial score (nSPS) is 11.8. The number of carbonyl (C=O) groups is 3. The number of amides is 1. The molecule has 1 atom stereocenters. The summed E-state index contributed by atoms with van der Waals surface area (Å²) < 4.78 is 31.7. The van der Waals surface area contributed by atoms with Gasteiger partial charge in [-0.15, -0.1) is 0 Å². The maximum absolute atomic E-state index is 10.6. The summed E-state index contributed by atoms with van der Waals surface area (Å²) in [5.41, 5.74) is 5.12. The van der Waals surface area contributed by atoms with Crippen molar-refractivity contribution in [3.05, 3.63) is 0 Å². The van der Waals surface area contributed by atoms with Crippen LogP contribution in [0, 0.1) is 0 Å². The minimum absolute atomic E-state index is 0.375. The van der Waals surface area contributed by atoms with Crippen molar-refractivity contribution in [2.45, 2.75) is 19.1 Å². The lowest BCUT2D eigenvalue weighted by atomic mass is 10.3. The van der Waals surface area contributed by atoms with E-state index in [2.05, 4.69) is 5.32 Å². The highest BCUT2D eigenvalue weighted by Gasteiger charge is 2.38. The Morgan fingerprint density at radius 1 is 1.29 bits per heavy atom. The van der Waals surface area contributed by atoms with E-state index in [0.29, 0.717) is 0 Å². The lowest BCUT2D eigenvalue weighted by Crippen LogP contribution is -2.40. The van der Waals surface area contributed by atoms with E-state index >= 15 is 0 Å². The fourth-order valence-corrected chi connectivity index (χ4v) is 0.324. The van der Waals surface area contributed by atoms with Crippen LogP contribution in [0.15, 0.2) is 0 Å². The number of carbonyl (C=O) groups excluding carboxylic acids is 1. The number of alkyl halides is 3. The van der Waals surface area contributed by atoms with Crippen LogP contribution in [0.25, 0.3) is 0 Å². The van der Waals surface area contributed by atoms with Gasteiger partial charge >= 0.3 is 18.1 Å². The van der Waals surface area contributed by atoms with Crippen molar-refractivity contribution in [2.75, 3.05) is 6.54 Å². The second kappa shape index (κ2) is 7.44. The van der Waals surface area contributed by atoms with Gasteiger partial charge in [0, 0.05) is 0 Å². The van der Waals surface area contributed by atoms with Gasteiger partial charge in [-0.25, -0.2) is 4.79 Å².